The van der Waals surface area contributed by atoms with Gasteiger partial charge in [0.25, 0.3) is 0 Å². The van der Waals surface area contributed by atoms with E-state index in [4.69, 9.17) is 14.6 Å². The fourth-order valence-corrected chi connectivity index (χ4v) is 1.84. The highest BCUT2D eigenvalue weighted by molar-refractivity contribution is 5.85. The third-order valence-electron chi connectivity index (χ3n) is 2.88. The quantitative estimate of drug-likeness (QED) is 0.849. The second-order valence-electron chi connectivity index (χ2n) is 4.24. The molecule has 110 valence electrons. The smallest absolute Gasteiger partial charge is 0.354 e. The molecule has 6 heteroatoms. The molecule has 1 aromatic heterocycles. The molecule has 2 rings (SSSR count). The van der Waals surface area contributed by atoms with Gasteiger partial charge < -0.3 is 19.9 Å². The summed E-state index contributed by atoms with van der Waals surface area (Å²) in [5, 5.41) is 12.1. The fraction of sp³-hybridized carbons (Fsp3) is 0.200. The summed E-state index contributed by atoms with van der Waals surface area (Å²) in [6.45, 7) is 0.413. The Labute approximate surface area is 122 Å². The number of pyridine rings is 1. The summed E-state index contributed by atoms with van der Waals surface area (Å²) in [4.78, 5) is 14.9. The van der Waals surface area contributed by atoms with Crippen molar-refractivity contribution in [3.05, 3.63) is 47.8 Å². The van der Waals surface area contributed by atoms with E-state index in [0.29, 0.717) is 23.7 Å². The molecule has 0 fully saturated rings. The van der Waals surface area contributed by atoms with Gasteiger partial charge in [0.2, 0.25) is 0 Å². The number of nitrogens with one attached hydrogen (secondary N) is 1. The number of carboxylic acid groups (broad SMARTS) is 1. The Morgan fingerprint density at radius 1 is 1.19 bits per heavy atom. The van der Waals surface area contributed by atoms with E-state index in [1.807, 2.05) is 6.07 Å². The van der Waals surface area contributed by atoms with Crippen LogP contribution in [-0.2, 0) is 6.54 Å². The summed E-state index contributed by atoms with van der Waals surface area (Å²) >= 11 is 0. The van der Waals surface area contributed by atoms with Gasteiger partial charge in [0.15, 0.2) is 11.5 Å². The Hall–Kier alpha value is -2.76. The van der Waals surface area contributed by atoms with E-state index in [2.05, 4.69) is 10.3 Å². The largest absolute Gasteiger partial charge is 0.493 e. The van der Waals surface area contributed by atoms with Gasteiger partial charge in [-0.2, -0.15) is 0 Å². The van der Waals surface area contributed by atoms with Gasteiger partial charge in [-0.25, -0.2) is 9.78 Å². The van der Waals surface area contributed by atoms with Crippen molar-refractivity contribution in [1.29, 1.82) is 0 Å². The Morgan fingerprint density at radius 3 is 2.62 bits per heavy atom. The zero-order valence-corrected chi connectivity index (χ0v) is 11.8. The van der Waals surface area contributed by atoms with E-state index in [-0.39, 0.29) is 5.69 Å². The third kappa shape index (κ3) is 3.62. The Balaban J connectivity index is 2.09. The maximum atomic E-state index is 10.9. The molecule has 0 amide bonds. The molecule has 0 aliphatic heterocycles. The van der Waals surface area contributed by atoms with Gasteiger partial charge >= 0.3 is 5.97 Å². The summed E-state index contributed by atoms with van der Waals surface area (Å²) < 4.78 is 10.4. The number of carbonyl (C=O) groups is 1. The van der Waals surface area contributed by atoms with Gasteiger partial charge in [-0.3, -0.25) is 0 Å². The molecule has 0 spiro atoms. The van der Waals surface area contributed by atoms with Crippen LogP contribution in [0, 0.1) is 0 Å². The van der Waals surface area contributed by atoms with Gasteiger partial charge in [0.05, 0.1) is 26.5 Å². The van der Waals surface area contributed by atoms with E-state index in [9.17, 15) is 4.79 Å². The van der Waals surface area contributed by atoms with Crippen molar-refractivity contribution in [2.75, 3.05) is 19.5 Å². The Morgan fingerprint density at radius 2 is 1.95 bits per heavy atom. The number of anilines is 1. The summed E-state index contributed by atoms with van der Waals surface area (Å²) in [5.74, 6) is 0.228. The highest BCUT2D eigenvalue weighted by Gasteiger charge is 2.06. The first-order valence-electron chi connectivity index (χ1n) is 6.29. The lowest BCUT2D eigenvalue weighted by Gasteiger charge is -2.11. The second kappa shape index (κ2) is 6.60. The lowest BCUT2D eigenvalue weighted by Crippen LogP contribution is -2.06. The molecule has 0 saturated carbocycles. The molecule has 0 saturated heterocycles. The van der Waals surface area contributed by atoms with Crippen molar-refractivity contribution >= 4 is 11.7 Å². The second-order valence-corrected chi connectivity index (χ2v) is 4.24. The number of carboxylic acids is 1. The number of aromatic nitrogens is 1. The minimum atomic E-state index is -1.04. The minimum absolute atomic E-state index is 0.0293. The number of nitrogens with zero attached hydrogens (tertiary/aromatic N) is 1. The van der Waals surface area contributed by atoms with Crippen LogP contribution >= 0.6 is 0 Å². The first-order chi connectivity index (χ1) is 10.1. The summed E-state index contributed by atoms with van der Waals surface area (Å²) in [6.07, 6.45) is 0. The molecular weight excluding hydrogens is 272 g/mol. The number of hydrogen-bond donors (Lipinski definition) is 2. The molecule has 1 aromatic carbocycles. The highest BCUT2D eigenvalue weighted by Crippen LogP contribution is 2.29. The molecule has 2 aromatic rings. The maximum Gasteiger partial charge on any atom is 0.354 e. The SMILES string of the molecule is COc1ccc(NCc2cccc(C(=O)O)n2)cc1OC. The summed E-state index contributed by atoms with van der Waals surface area (Å²) in [5.41, 5.74) is 1.50. The van der Waals surface area contributed by atoms with Crippen molar-refractivity contribution in [3.8, 4) is 11.5 Å². The van der Waals surface area contributed by atoms with Crippen molar-refractivity contribution < 1.29 is 19.4 Å². The lowest BCUT2D eigenvalue weighted by molar-refractivity contribution is 0.0690. The molecule has 21 heavy (non-hydrogen) atoms. The Bertz CT molecular complexity index is 643. The van der Waals surface area contributed by atoms with E-state index < -0.39 is 5.97 Å². The maximum absolute atomic E-state index is 10.9. The third-order valence-corrected chi connectivity index (χ3v) is 2.88. The van der Waals surface area contributed by atoms with E-state index in [1.54, 1.807) is 38.5 Å². The molecule has 1 heterocycles. The first kappa shape index (κ1) is 14.6. The molecule has 2 N–H and O–H groups in total. The van der Waals surface area contributed by atoms with Gasteiger partial charge in [-0.05, 0) is 24.3 Å². The van der Waals surface area contributed by atoms with E-state index in [0.717, 1.165) is 5.69 Å². The average molecular weight is 288 g/mol. The van der Waals surface area contributed by atoms with Crippen molar-refractivity contribution in [2.45, 2.75) is 6.54 Å². The number of rotatable bonds is 6. The van der Waals surface area contributed by atoms with Crippen LogP contribution in [0.5, 0.6) is 11.5 Å². The number of ether oxygens (including phenoxy) is 2. The molecule has 0 bridgehead atoms. The first-order valence-corrected chi connectivity index (χ1v) is 6.29. The van der Waals surface area contributed by atoms with Crippen molar-refractivity contribution in [1.82, 2.24) is 4.98 Å². The van der Waals surface area contributed by atoms with Crippen LogP contribution in [-0.4, -0.2) is 30.3 Å². The van der Waals surface area contributed by atoms with Crippen LogP contribution in [0.25, 0.3) is 0 Å². The van der Waals surface area contributed by atoms with Gasteiger partial charge in [0, 0.05) is 11.8 Å². The zero-order chi connectivity index (χ0) is 15.2. The van der Waals surface area contributed by atoms with Crippen LogP contribution in [0.1, 0.15) is 16.2 Å². The van der Waals surface area contributed by atoms with E-state index >= 15 is 0 Å². The molecule has 0 unspecified atom stereocenters. The minimum Gasteiger partial charge on any atom is -0.493 e. The van der Waals surface area contributed by atoms with Gasteiger partial charge in [0.1, 0.15) is 5.69 Å². The van der Waals surface area contributed by atoms with Crippen molar-refractivity contribution in [3.63, 3.8) is 0 Å². The highest BCUT2D eigenvalue weighted by atomic mass is 16.5. The number of benzene rings is 1. The predicted molar refractivity (Wildman–Crippen MR) is 78.1 cm³/mol. The number of hydrogen-bond acceptors (Lipinski definition) is 5. The monoisotopic (exact) mass is 288 g/mol. The van der Waals surface area contributed by atoms with Crippen LogP contribution < -0.4 is 14.8 Å². The number of methoxy groups -OCH3 is 2. The fourth-order valence-electron chi connectivity index (χ4n) is 1.84. The van der Waals surface area contributed by atoms with Crippen molar-refractivity contribution in [2.24, 2.45) is 0 Å². The average Bonchev–Trinajstić information content (AvgIpc) is 2.52. The molecule has 0 radical (unpaired) electrons. The summed E-state index contributed by atoms with van der Waals surface area (Å²) in [7, 11) is 3.14. The molecule has 0 aliphatic carbocycles. The molecule has 6 nitrogen and oxygen atoms in total. The Kier molecular flexibility index (Phi) is 4.61. The van der Waals surface area contributed by atoms with Crippen LogP contribution in [0.15, 0.2) is 36.4 Å². The van der Waals surface area contributed by atoms with E-state index in [1.165, 1.54) is 6.07 Å². The normalized spacial score (nSPS) is 10.0. The molecular formula is C15H16N2O4. The number of aromatic carboxylic acids is 1. The lowest BCUT2D eigenvalue weighted by atomic mass is 10.2. The molecule has 0 atom stereocenters. The van der Waals surface area contributed by atoms with Gasteiger partial charge in [-0.15, -0.1) is 0 Å². The van der Waals surface area contributed by atoms with Crippen LogP contribution in [0.2, 0.25) is 0 Å². The van der Waals surface area contributed by atoms with Gasteiger partial charge in [-0.1, -0.05) is 6.07 Å². The predicted octanol–water partition coefficient (Wildman–Crippen LogP) is 2.41. The topological polar surface area (TPSA) is 80.7 Å². The standard InChI is InChI=1S/C15H16N2O4/c1-20-13-7-6-10(8-14(13)21-2)16-9-11-4-3-5-12(17-11)15(18)19/h3-8,16H,9H2,1-2H3,(H,18,19). The van der Waals surface area contributed by atoms with Crippen LogP contribution in [0.3, 0.4) is 0 Å². The summed E-state index contributed by atoms with van der Waals surface area (Å²) in [6, 6.07) is 10.3. The zero-order valence-electron chi connectivity index (χ0n) is 11.8. The van der Waals surface area contributed by atoms with Crippen LogP contribution in [0.4, 0.5) is 5.69 Å². The molecule has 0 aliphatic rings.